The van der Waals surface area contributed by atoms with Gasteiger partial charge in [-0.3, -0.25) is 14.5 Å². The molecule has 0 radical (unpaired) electrons. The Balaban J connectivity index is 1.13. The highest BCUT2D eigenvalue weighted by molar-refractivity contribution is 6.31. The van der Waals surface area contributed by atoms with Crippen LogP contribution in [0.2, 0.25) is 5.02 Å². The second kappa shape index (κ2) is 12.2. The zero-order valence-corrected chi connectivity index (χ0v) is 23.7. The van der Waals surface area contributed by atoms with Gasteiger partial charge in [-0.05, 0) is 53.5 Å². The van der Waals surface area contributed by atoms with Crippen LogP contribution in [-0.2, 0) is 22.6 Å². The van der Waals surface area contributed by atoms with E-state index >= 15 is 0 Å². The summed E-state index contributed by atoms with van der Waals surface area (Å²) < 4.78 is 13.9. The number of nitrogens with one attached hydrogen (secondary N) is 4. The number of carbonyl (C=O) groups excluding carboxylic acids is 2. The fraction of sp³-hybridized carbons (Fsp3) is 0.212. The molecule has 1 atom stereocenters. The van der Waals surface area contributed by atoms with Gasteiger partial charge in [-0.1, -0.05) is 54.1 Å². The quantitative estimate of drug-likeness (QED) is 0.183. The third kappa shape index (κ3) is 6.10. The van der Waals surface area contributed by atoms with E-state index < -0.39 is 6.04 Å². The lowest BCUT2D eigenvalue weighted by atomic mass is 9.99. The van der Waals surface area contributed by atoms with Crippen molar-refractivity contribution in [1.29, 1.82) is 0 Å². The number of nitrogens with zero attached hydrogens (tertiary/aromatic N) is 1. The average molecular weight is 584 g/mol. The van der Waals surface area contributed by atoms with Crippen LogP contribution in [-0.4, -0.2) is 52.4 Å². The maximum absolute atomic E-state index is 13.9. The van der Waals surface area contributed by atoms with E-state index in [0.717, 1.165) is 50.5 Å². The van der Waals surface area contributed by atoms with Gasteiger partial charge in [0.15, 0.2) is 0 Å². The molecule has 7 nitrogen and oxygen atoms in total. The Labute approximate surface area is 247 Å². The van der Waals surface area contributed by atoms with Gasteiger partial charge in [0.05, 0.1) is 6.54 Å². The lowest BCUT2D eigenvalue weighted by Gasteiger charge is -2.27. The zero-order valence-electron chi connectivity index (χ0n) is 22.9. The number of halogens is 2. The number of carbonyl (C=O) groups is 2. The van der Waals surface area contributed by atoms with Crippen molar-refractivity contribution in [1.82, 2.24) is 25.5 Å². The van der Waals surface area contributed by atoms with Gasteiger partial charge in [0.1, 0.15) is 11.9 Å². The van der Waals surface area contributed by atoms with Crippen LogP contribution >= 0.6 is 11.6 Å². The fourth-order valence-corrected chi connectivity index (χ4v) is 5.78. The van der Waals surface area contributed by atoms with E-state index in [1.54, 1.807) is 18.2 Å². The molecule has 6 rings (SSSR count). The second-order valence-electron chi connectivity index (χ2n) is 10.6. The van der Waals surface area contributed by atoms with Crippen LogP contribution in [0.1, 0.15) is 23.1 Å². The number of H-pyrrole nitrogens is 2. The van der Waals surface area contributed by atoms with E-state index in [4.69, 9.17) is 11.6 Å². The molecule has 9 heteroatoms. The first kappa shape index (κ1) is 27.8. The van der Waals surface area contributed by atoms with Crippen molar-refractivity contribution < 1.29 is 14.0 Å². The summed E-state index contributed by atoms with van der Waals surface area (Å²) in [6.45, 7) is 1.67. The van der Waals surface area contributed by atoms with Crippen LogP contribution < -0.4 is 10.6 Å². The number of hydrogen-bond donors (Lipinski definition) is 4. The first-order valence-electron chi connectivity index (χ1n) is 14.0. The molecule has 214 valence electrons. The predicted molar refractivity (Wildman–Crippen MR) is 165 cm³/mol. The summed E-state index contributed by atoms with van der Waals surface area (Å²) in [5, 5.41) is 8.37. The number of rotatable bonds is 9. The Morgan fingerprint density at radius 2 is 1.74 bits per heavy atom. The summed E-state index contributed by atoms with van der Waals surface area (Å²) in [4.78, 5) is 35.1. The SMILES string of the molecule is O=C(CN1CC=C(c2c[nH]c3ccc(F)cc23)CC1)N[C@H](Cc1c[nH]c2ccccc12)C(=O)NCc1ccccc1Cl. The van der Waals surface area contributed by atoms with E-state index in [9.17, 15) is 14.0 Å². The standard InChI is InChI=1S/C33H31ClFN5O2/c34-28-7-3-1-5-22(28)17-38-33(42)31(15-23-18-36-29-8-4-2-6-25(23)29)39-32(41)20-40-13-11-21(12-14-40)27-19-37-30-10-9-24(35)16-26(27)30/h1-11,16,18-19,31,36-37H,12-15,17,20H2,(H,38,42)(H,39,41)/t31-/m1/s1. The number of aromatic nitrogens is 2. The Morgan fingerprint density at radius 1 is 0.952 bits per heavy atom. The van der Waals surface area contributed by atoms with Crippen molar-refractivity contribution in [3.63, 3.8) is 0 Å². The molecule has 1 aliphatic heterocycles. The molecular formula is C33H31ClFN5O2. The highest BCUT2D eigenvalue weighted by Gasteiger charge is 2.25. The van der Waals surface area contributed by atoms with Crippen LogP contribution in [0.25, 0.3) is 27.4 Å². The molecule has 0 spiro atoms. The fourth-order valence-electron chi connectivity index (χ4n) is 5.58. The topological polar surface area (TPSA) is 93.0 Å². The smallest absolute Gasteiger partial charge is 0.243 e. The van der Waals surface area contributed by atoms with Crippen molar-refractivity contribution in [2.75, 3.05) is 19.6 Å². The number of benzene rings is 3. The molecule has 0 saturated heterocycles. The van der Waals surface area contributed by atoms with Gasteiger partial charge >= 0.3 is 0 Å². The Bertz CT molecular complexity index is 1790. The van der Waals surface area contributed by atoms with Gasteiger partial charge in [-0.25, -0.2) is 4.39 Å². The third-order valence-electron chi connectivity index (χ3n) is 7.81. The van der Waals surface area contributed by atoms with Gasteiger partial charge in [-0.2, -0.15) is 0 Å². The molecule has 4 N–H and O–H groups in total. The first-order valence-corrected chi connectivity index (χ1v) is 14.4. The molecule has 2 amide bonds. The first-order chi connectivity index (χ1) is 20.4. The van der Waals surface area contributed by atoms with E-state index in [2.05, 4.69) is 26.7 Å². The van der Waals surface area contributed by atoms with Crippen molar-refractivity contribution in [3.8, 4) is 0 Å². The van der Waals surface area contributed by atoms with Crippen LogP contribution in [0.3, 0.4) is 0 Å². The molecule has 2 aromatic heterocycles. The van der Waals surface area contributed by atoms with E-state index in [1.807, 2.05) is 59.8 Å². The van der Waals surface area contributed by atoms with Crippen molar-refractivity contribution in [2.24, 2.45) is 0 Å². The zero-order chi connectivity index (χ0) is 29.1. The van der Waals surface area contributed by atoms with Crippen LogP contribution in [0.4, 0.5) is 4.39 Å². The molecule has 0 unspecified atom stereocenters. The summed E-state index contributed by atoms with van der Waals surface area (Å²) >= 11 is 6.29. The molecular weight excluding hydrogens is 553 g/mol. The summed E-state index contributed by atoms with van der Waals surface area (Å²) in [7, 11) is 0. The average Bonchev–Trinajstić information content (AvgIpc) is 3.60. The minimum atomic E-state index is -0.767. The van der Waals surface area contributed by atoms with Gasteiger partial charge in [0.2, 0.25) is 11.8 Å². The van der Waals surface area contributed by atoms with Crippen LogP contribution in [0.15, 0.2) is 85.2 Å². The maximum Gasteiger partial charge on any atom is 0.243 e. The number of hydrogen-bond acceptors (Lipinski definition) is 3. The van der Waals surface area contributed by atoms with Crippen molar-refractivity contribution >= 4 is 50.8 Å². The van der Waals surface area contributed by atoms with Gasteiger partial charge in [0, 0.05) is 70.8 Å². The minimum Gasteiger partial charge on any atom is -0.361 e. The number of para-hydroxylation sites is 1. The number of aromatic amines is 2. The molecule has 42 heavy (non-hydrogen) atoms. The molecule has 1 aliphatic rings. The summed E-state index contributed by atoms with van der Waals surface area (Å²) in [6.07, 6.45) is 6.96. The summed E-state index contributed by atoms with van der Waals surface area (Å²) in [5.74, 6) is -0.768. The van der Waals surface area contributed by atoms with E-state index in [-0.39, 0.29) is 30.7 Å². The number of amides is 2. The Kier molecular flexibility index (Phi) is 8.08. The van der Waals surface area contributed by atoms with Gasteiger partial charge < -0.3 is 20.6 Å². The van der Waals surface area contributed by atoms with E-state index in [0.29, 0.717) is 24.5 Å². The molecule has 0 aliphatic carbocycles. The van der Waals surface area contributed by atoms with E-state index in [1.165, 1.54) is 6.07 Å². The number of fused-ring (bicyclic) bond motifs is 2. The highest BCUT2D eigenvalue weighted by Crippen LogP contribution is 2.29. The van der Waals surface area contributed by atoms with Crippen molar-refractivity contribution in [3.05, 3.63) is 113 Å². The second-order valence-corrected chi connectivity index (χ2v) is 11.0. The summed E-state index contributed by atoms with van der Waals surface area (Å²) in [5.41, 5.74) is 5.73. The van der Waals surface area contributed by atoms with Crippen LogP contribution in [0, 0.1) is 5.82 Å². The summed E-state index contributed by atoms with van der Waals surface area (Å²) in [6, 6.07) is 19.2. The lowest BCUT2D eigenvalue weighted by Crippen LogP contribution is -2.50. The molecule has 0 saturated carbocycles. The molecule has 3 aromatic carbocycles. The molecule has 0 fully saturated rings. The molecule has 3 heterocycles. The van der Waals surface area contributed by atoms with Gasteiger partial charge in [0.25, 0.3) is 0 Å². The predicted octanol–water partition coefficient (Wildman–Crippen LogP) is 5.57. The highest BCUT2D eigenvalue weighted by atomic mass is 35.5. The Morgan fingerprint density at radius 3 is 2.57 bits per heavy atom. The van der Waals surface area contributed by atoms with Crippen molar-refractivity contribution in [2.45, 2.75) is 25.4 Å². The monoisotopic (exact) mass is 583 g/mol. The van der Waals surface area contributed by atoms with Gasteiger partial charge in [-0.15, -0.1) is 0 Å². The largest absolute Gasteiger partial charge is 0.361 e. The third-order valence-corrected chi connectivity index (χ3v) is 8.18. The molecule has 0 bridgehead atoms. The Hall–Kier alpha value is -4.40. The lowest BCUT2D eigenvalue weighted by molar-refractivity contribution is -0.129. The maximum atomic E-state index is 13.9. The molecule has 5 aromatic rings. The normalized spacial score (nSPS) is 14.6. The minimum absolute atomic E-state index is 0.161. The van der Waals surface area contributed by atoms with Crippen LogP contribution in [0.5, 0.6) is 0 Å².